The molecule has 1 fully saturated rings. The van der Waals surface area contributed by atoms with E-state index in [4.69, 9.17) is 25.5 Å². The smallest absolute Gasteiger partial charge is 0.290 e. The molecule has 8 heteroatoms. The fraction of sp³-hybridized carbons (Fsp3) is 0.333. The quantitative estimate of drug-likeness (QED) is 0.589. The van der Waals surface area contributed by atoms with Gasteiger partial charge in [-0.05, 0) is 24.3 Å². The van der Waals surface area contributed by atoms with Crippen molar-refractivity contribution in [2.75, 3.05) is 46.5 Å². The molecule has 1 amide bonds. The summed E-state index contributed by atoms with van der Waals surface area (Å²) in [4.78, 5) is 31.1. The molecule has 1 saturated heterocycles. The minimum absolute atomic E-state index is 0.0858. The van der Waals surface area contributed by atoms with E-state index in [1.54, 1.807) is 30.2 Å². The van der Waals surface area contributed by atoms with Gasteiger partial charge in [-0.1, -0.05) is 29.8 Å². The summed E-state index contributed by atoms with van der Waals surface area (Å²) < 4.78 is 17.0. The first-order valence-corrected chi connectivity index (χ1v) is 11.0. The van der Waals surface area contributed by atoms with Gasteiger partial charge < -0.3 is 18.8 Å². The van der Waals surface area contributed by atoms with Crippen molar-refractivity contribution in [3.8, 4) is 5.75 Å². The molecule has 2 aliphatic heterocycles. The molecular weight excluding hydrogens is 432 g/mol. The molecule has 0 spiro atoms. The third kappa shape index (κ3) is 3.56. The summed E-state index contributed by atoms with van der Waals surface area (Å²) in [6.07, 6.45) is 0. The van der Waals surface area contributed by atoms with Gasteiger partial charge >= 0.3 is 0 Å². The van der Waals surface area contributed by atoms with Crippen LogP contribution in [0.3, 0.4) is 0 Å². The normalized spacial score (nSPS) is 18.9. The molecule has 2 aromatic carbocycles. The summed E-state index contributed by atoms with van der Waals surface area (Å²) in [6, 6.07) is 11.7. The van der Waals surface area contributed by atoms with Gasteiger partial charge in [-0.3, -0.25) is 14.5 Å². The molecule has 1 aromatic heterocycles. The Morgan fingerprint density at radius 3 is 2.66 bits per heavy atom. The van der Waals surface area contributed by atoms with Crippen molar-refractivity contribution in [1.82, 2.24) is 9.80 Å². The number of hydrogen-bond acceptors (Lipinski definition) is 6. The lowest BCUT2D eigenvalue weighted by Crippen LogP contribution is -2.42. The van der Waals surface area contributed by atoms with Crippen molar-refractivity contribution in [3.05, 3.63) is 74.6 Å². The van der Waals surface area contributed by atoms with Gasteiger partial charge in [0.05, 0.1) is 37.3 Å². The molecular formula is C24H23ClN2O5. The van der Waals surface area contributed by atoms with Crippen LogP contribution in [-0.2, 0) is 4.74 Å². The number of methoxy groups -OCH3 is 1. The molecule has 1 atom stereocenters. The maximum Gasteiger partial charge on any atom is 0.290 e. The van der Waals surface area contributed by atoms with E-state index in [2.05, 4.69) is 4.90 Å². The summed E-state index contributed by atoms with van der Waals surface area (Å²) >= 11 is 6.14. The zero-order valence-corrected chi connectivity index (χ0v) is 18.4. The number of carbonyl (C=O) groups excluding carboxylic acids is 1. The molecule has 0 N–H and O–H groups in total. The van der Waals surface area contributed by atoms with E-state index in [1.807, 2.05) is 24.3 Å². The van der Waals surface area contributed by atoms with E-state index >= 15 is 0 Å². The second-order valence-corrected chi connectivity index (χ2v) is 8.35. The third-order valence-corrected chi connectivity index (χ3v) is 6.36. The number of halogens is 1. The van der Waals surface area contributed by atoms with Gasteiger partial charge in [0.15, 0.2) is 5.43 Å². The molecule has 32 heavy (non-hydrogen) atoms. The van der Waals surface area contributed by atoms with Crippen molar-refractivity contribution in [1.29, 1.82) is 0 Å². The monoisotopic (exact) mass is 454 g/mol. The Kier molecular flexibility index (Phi) is 5.63. The number of hydrogen-bond donors (Lipinski definition) is 0. The highest BCUT2D eigenvalue weighted by Crippen LogP contribution is 2.41. The summed E-state index contributed by atoms with van der Waals surface area (Å²) in [5, 5.41) is 0.797. The highest BCUT2D eigenvalue weighted by Gasteiger charge is 2.43. The lowest BCUT2D eigenvalue weighted by molar-refractivity contribution is 0.0314. The van der Waals surface area contributed by atoms with Gasteiger partial charge in [0.1, 0.15) is 11.3 Å². The van der Waals surface area contributed by atoms with Gasteiger partial charge in [-0.15, -0.1) is 0 Å². The van der Waals surface area contributed by atoms with E-state index in [0.29, 0.717) is 53.6 Å². The van der Waals surface area contributed by atoms with Crippen LogP contribution in [0, 0.1) is 0 Å². The second kappa shape index (κ2) is 8.58. The Morgan fingerprint density at radius 2 is 1.88 bits per heavy atom. The lowest BCUT2D eigenvalue weighted by atomic mass is 9.97. The summed E-state index contributed by atoms with van der Waals surface area (Å²) in [5.41, 5.74) is 1.18. The number of nitrogens with zero attached hydrogens (tertiary/aromatic N) is 2. The van der Waals surface area contributed by atoms with Crippen LogP contribution in [0.1, 0.15) is 27.7 Å². The molecule has 7 nitrogen and oxygen atoms in total. The molecule has 0 aliphatic carbocycles. The molecule has 0 saturated carbocycles. The number of rotatable bonds is 5. The number of ether oxygens (including phenoxy) is 2. The largest absolute Gasteiger partial charge is 0.496 e. The SMILES string of the molecule is COc1ccccc1[C@@H]1c2c(oc3ccc(Cl)cc3c2=O)C(=O)N1CCN1CCOCC1. The van der Waals surface area contributed by atoms with Gasteiger partial charge in [0.25, 0.3) is 5.91 Å². The Morgan fingerprint density at radius 1 is 1.09 bits per heavy atom. The number of carbonyl (C=O) groups is 1. The van der Waals surface area contributed by atoms with Crippen LogP contribution in [0.4, 0.5) is 0 Å². The molecule has 166 valence electrons. The van der Waals surface area contributed by atoms with E-state index in [9.17, 15) is 9.59 Å². The Hall–Kier alpha value is -2.87. The lowest BCUT2D eigenvalue weighted by Gasteiger charge is -2.31. The van der Waals surface area contributed by atoms with Crippen LogP contribution in [0.5, 0.6) is 5.75 Å². The zero-order chi connectivity index (χ0) is 22.2. The zero-order valence-electron chi connectivity index (χ0n) is 17.7. The maximum atomic E-state index is 13.6. The van der Waals surface area contributed by atoms with Gasteiger partial charge in [-0.2, -0.15) is 0 Å². The van der Waals surface area contributed by atoms with Gasteiger partial charge in [0.2, 0.25) is 5.76 Å². The topological polar surface area (TPSA) is 72.2 Å². The minimum Gasteiger partial charge on any atom is -0.496 e. The predicted molar refractivity (Wildman–Crippen MR) is 121 cm³/mol. The molecule has 0 bridgehead atoms. The third-order valence-electron chi connectivity index (χ3n) is 6.12. The van der Waals surface area contributed by atoms with Crippen molar-refractivity contribution in [2.24, 2.45) is 0 Å². The molecule has 3 heterocycles. The average Bonchev–Trinajstić information content (AvgIpc) is 3.10. The predicted octanol–water partition coefficient (Wildman–Crippen LogP) is 3.33. The van der Waals surface area contributed by atoms with Crippen molar-refractivity contribution < 1.29 is 18.7 Å². The standard InChI is InChI=1S/C24H23ClN2O5/c1-30-18-5-3-2-4-16(18)21-20-22(28)17-14-15(25)6-7-19(17)32-23(20)24(29)27(21)9-8-26-10-12-31-13-11-26/h2-7,14,21H,8-13H2,1H3/t21-/m1/s1. The fourth-order valence-corrected chi connectivity index (χ4v) is 4.68. The average molecular weight is 455 g/mol. The van der Waals surface area contributed by atoms with Crippen molar-refractivity contribution in [3.63, 3.8) is 0 Å². The minimum atomic E-state index is -0.602. The number of amides is 1. The van der Waals surface area contributed by atoms with Gasteiger partial charge in [-0.25, -0.2) is 0 Å². The Bertz CT molecular complexity index is 1230. The number of fused-ring (bicyclic) bond motifs is 2. The molecule has 0 unspecified atom stereocenters. The highest BCUT2D eigenvalue weighted by molar-refractivity contribution is 6.31. The first-order valence-electron chi connectivity index (χ1n) is 10.6. The van der Waals surface area contributed by atoms with Crippen LogP contribution in [-0.4, -0.2) is 62.2 Å². The summed E-state index contributed by atoms with van der Waals surface area (Å²) in [5.74, 6) is 0.404. The van der Waals surface area contributed by atoms with Crippen LogP contribution >= 0.6 is 11.6 Å². The maximum absolute atomic E-state index is 13.6. The number of para-hydroxylation sites is 1. The van der Waals surface area contributed by atoms with Crippen LogP contribution in [0.2, 0.25) is 5.02 Å². The Balaban J connectivity index is 1.64. The molecule has 5 rings (SSSR count). The first kappa shape index (κ1) is 21.0. The van der Waals surface area contributed by atoms with Crippen molar-refractivity contribution in [2.45, 2.75) is 6.04 Å². The Labute approximate surface area is 190 Å². The van der Waals surface area contributed by atoms with Crippen molar-refractivity contribution >= 4 is 28.5 Å². The first-order chi connectivity index (χ1) is 15.6. The number of morpholine rings is 1. The van der Waals surface area contributed by atoms with Crippen LogP contribution < -0.4 is 10.2 Å². The summed E-state index contributed by atoms with van der Waals surface area (Å²) in [6.45, 7) is 4.10. The number of benzene rings is 2. The van der Waals surface area contributed by atoms with Crippen LogP contribution in [0.15, 0.2) is 51.7 Å². The van der Waals surface area contributed by atoms with E-state index in [0.717, 1.165) is 18.7 Å². The molecule has 3 aromatic rings. The van der Waals surface area contributed by atoms with Gasteiger partial charge in [0, 0.05) is 36.8 Å². The molecule has 2 aliphatic rings. The second-order valence-electron chi connectivity index (χ2n) is 7.91. The molecule has 0 radical (unpaired) electrons. The fourth-order valence-electron chi connectivity index (χ4n) is 4.51. The van der Waals surface area contributed by atoms with E-state index in [1.165, 1.54) is 0 Å². The highest BCUT2D eigenvalue weighted by atomic mass is 35.5. The van der Waals surface area contributed by atoms with Crippen LogP contribution in [0.25, 0.3) is 11.0 Å². The van der Waals surface area contributed by atoms with E-state index < -0.39 is 6.04 Å². The summed E-state index contributed by atoms with van der Waals surface area (Å²) in [7, 11) is 1.58. The van der Waals surface area contributed by atoms with E-state index in [-0.39, 0.29) is 17.1 Å².